The fraction of sp³-hybridized carbons (Fsp3) is 0.286. The number of urea groups is 1. The van der Waals surface area contributed by atoms with Crippen LogP contribution in [-0.2, 0) is 9.59 Å². The van der Waals surface area contributed by atoms with Gasteiger partial charge in [0.2, 0.25) is 11.8 Å². The van der Waals surface area contributed by atoms with Gasteiger partial charge in [0, 0.05) is 5.92 Å². The molecule has 1 aromatic carbocycles. The molecule has 1 fully saturated rings. The molecular formula is C14H14N4O3S. The first-order chi connectivity index (χ1) is 10.5. The lowest BCUT2D eigenvalue weighted by molar-refractivity contribution is -0.137. The molecule has 1 aliphatic rings. The van der Waals surface area contributed by atoms with Crippen LogP contribution < -0.4 is 16.4 Å². The lowest BCUT2D eigenvalue weighted by Crippen LogP contribution is -2.58. The second-order valence-electron chi connectivity index (χ2n) is 4.87. The van der Waals surface area contributed by atoms with Gasteiger partial charge < -0.3 is 5.73 Å². The molecule has 0 spiro atoms. The summed E-state index contributed by atoms with van der Waals surface area (Å²) in [5.74, 6) is -4.44. The number of nitrogens with one attached hydrogen (secondary N) is 2. The third kappa shape index (κ3) is 3.10. The van der Waals surface area contributed by atoms with Gasteiger partial charge in [-0.2, -0.15) is 17.9 Å². The first-order valence-corrected chi connectivity index (χ1v) is 7.01. The molecule has 0 bridgehead atoms. The van der Waals surface area contributed by atoms with Crippen LogP contribution in [0.3, 0.4) is 0 Å². The lowest BCUT2D eigenvalue weighted by atomic mass is 9.75. The molecule has 7 nitrogen and oxygen atoms in total. The van der Waals surface area contributed by atoms with Gasteiger partial charge in [-0.25, -0.2) is 4.79 Å². The van der Waals surface area contributed by atoms with E-state index in [4.69, 9.17) is 5.73 Å². The third-order valence-corrected chi connectivity index (χ3v) is 3.81. The highest BCUT2D eigenvalue weighted by Gasteiger charge is 2.45. The largest absolute Gasteiger partial charge is 0.328 e. The summed E-state index contributed by atoms with van der Waals surface area (Å²) in [6.45, 7) is 0. The van der Waals surface area contributed by atoms with Crippen LogP contribution in [0.15, 0.2) is 30.3 Å². The Morgan fingerprint density at radius 3 is 2.14 bits per heavy atom. The molecule has 0 saturated carbocycles. The van der Waals surface area contributed by atoms with Crippen molar-refractivity contribution in [2.24, 2.45) is 17.6 Å². The molecule has 0 radical (unpaired) electrons. The number of benzene rings is 1. The van der Waals surface area contributed by atoms with Crippen LogP contribution in [0.25, 0.3) is 0 Å². The fourth-order valence-corrected chi connectivity index (χ4v) is 2.76. The summed E-state index contributed by atoms with van der Waals surface area (Å²) in [5, 5.41) is 12.6. The van der Waals surface area contributed by atoms with Gasteiger partial charge in [-0.05, 0) is 5.56 Å². The standard InChI is InChI=1S/C14H14N4O3S/c15-6-8(11(16)22)9(7-4-2-1-3-5-7)10-12(19)17-14(21)18-13(10)20/h1-5,8-11,22H,16H2,(H2,17,18,19,20,21). The van der Waals surface area contributed by atoms with Crippen LogP contribution in [-0.4, -0.2) is 23.2 Å². The van der Waals surface area contributed by atoms with Crippen molar-refractivity contribution in [2.45, 2.75) is 11.3 Å². The second-order valence-corrected chi connectivity index (χ2v) is 5.46. The predicted molar refractivity (Wildman–Crippen MR) is 80.4 cm³/mol. The van der Waals surface area contributed by atoms with Crippen molar-refractivity contribution in [3.8, 4) is 6.07 Å². The number of nitrogens with zero attached hydrogens (tertiary/aromatic N) is 1. The molecule has 4 N–H and O–H groups in total. The summed E-state index contributed by atoms with van der Waals surface area (Å²) in [4.78, 5) is 35.4. The van der Waals surface area contributed by atoms with E-state index >= 15 is 0 Å². The van der Waals surface area contributed by atoms with Crippen LogP contribution in [0.2, 0.25) is 0 Å². The smallest absolute Gasteiger partial charge is 0.318 e. The van der Waals surface area contributed by atoms with E-state index in [2.05, 4.69) is 12.6 Å². The molecule has 0 aromatic heterocycles. The van der Waals surface area contributed by atoms with Gasteiger partial charge in [0.1, 0.15) is 5.92 Å². The zero-order valence-corrected chi connectivity index (χ0v) is 12.3. The molecule has 114 valence electrons. The molecule has 3 atom stereocenters. The molecule has 1 heterocycles. The zero-order valence-electron chi connectivity index (χ0n) is 11.4. The monoisotopic (exact) mass is 318 g/mol. The minimum Gasteiger partial charge on any atom is -0.318 e. The lowest BCUT2D eigenvalue weighted by Gasteiger charge is -2.32. The number of barbiturate groups is 1. The van der Waals surface area contributed by atoms with Crippen molar-refractivity contribution in [1.82, 2.24) is 10.6 Å². The Morgan fingerprint density at radius 1 is 1.14 bits per heavy atom. The number of rotatable bonds is 4. The number of nitriles is 1. The highest BCUT2D eigenvalue weighted by molar-refractivity contribution is 7.80. The third-order valence-electron chi connectivity index (χ3n) is 3.49. The summed E-state index contributed by atoms with van der Waals surface area (Å²) in [6, 6.07) is 9.75. The van der Waals surface area contributed by atoms with E-state index < -0.39 is 41.0 Å². The van der Waals surface area contributed by atoms with Crippen molar-refractivity contribution in [1.29, 1.82) is 5.26 Å². The molecule has 4 amide bonds. The minimum absolute atomic E-state index is 0.600. The topological polar surface area (TPSA) is 125 Å². The molecule has 2 rings (SSSR count). The Morgan fingerprint density at radius 2 is 1.68 bits per heavy atom. The number of nitrogens with two attached hydrogens (primary N) is 1. The molecular weight excluding hydrogens is 304 g/mol. The van der Waals surface area contributed by atoms with E-state index in [0.29, 0.717) is 5.56 Å². The van der Waals surface area contributed by atoms with Gasteiger partial charge in [0.05, 0.1) is 17.4 Å². The Balaban J connectivity index is 2.49. The number of hydrogen-bond acceptors (Lipinski definition) is 6. The molecule has 8 heteroatoms. The van der Waals surface area contributed by atoms with E-state index in [1.54, 1.807) is 30.3 Å². The van der Waals surface area contributed by atoms with E-state index in [9.17, 15) is 19.6 Å². The van der Waals surface area contributed by atoms with Crippen LogP contribution in [0.1, 0.15) is 11.5 Å². The maximum atomic E-state index is 12.1. The summed E-state index contributed by atoms with van der Waals surface area (Å²) in [5.41, 5.74) is 6.32. The van der Waals surface area contributed by atoms with E-state index in [1.165, 1.54) is 0 Å². The van der Waals surface area contributed by atoms with Crippen molar-refractivity contribution >= 4 is 30.5 Å². The molecule has 3 unspecified atom stereocenters. The number of carbonyl (C=O) groups excluding carboxylic acids is 3. The Labute approximate surface area is 132 Å². The number of hydrogen-bond donors (Lipinski definition) is 4. The molecule has 1 aromatic rings. The first-order valence-electron chi connectivity index (χ1n) is 6.49. The molecule has 0 aliphatic carbocycles. The van der Waals surface area contributed by atoms with Gasteiger partial charge in [-0.1, -0.05) is 30.3 Å². The summed E-state index contributed by atoms with van der Waals surface area (Å²) in [7, 11) is 0. The Bertz CT molecular complexity index is 621. The average molecular weight is 318 g/mol. The van der Waals surface area contributed by atoms with Gasteiger partial charge in [-0.15, -0.1) is 0 Å². The Hall–Kier alpha value is -2.37. The maximum absolute atomic E-state index is 12.1. The second kappa shape index (κ2) is 6.60. The van der Waals surface area contributed by atoms with Gasteiger partial charge in [0.25, 0.3) is 0 Å². The molecule has 22 heavy (non-hydrogen) atoms. The fourth-order valence-electron chi connectivity index (χ4n) is 2.51. The van der Waals surface area contributed by atoms with Crippen molar-refractivity contribution in [3.63, 3.8) is 0 Å². The molecule has 1 aliphatic heterocycles. The van der Waals surface area contributed by atoms with E-state index in [-0.39, 0.29) is 0 Å². The van der Waals surface area contributed by atoms with Crippen molar-refractivity contribution < 1.29 is 14.4 Å². The van der Waals surface area contributed by atoms with E-state index in [1.807, 2.05) is 16.7 Å². The summed E-state index contributed by atoms with van der Waals surface area (Å²) >= 11 is 4.08. The van der Waals surface area contributed by atoms with Gasteiger partial charge in [0.15, 0.2) is 0 Å². The quantitative estimate of drug-likeness (QED) is 0.356. The zero-order chi connectivity index (χ0) is 16.3. The molecule has 1 saturated heterocycles. The van der Waals surface area contributed by atoms with Crippen LogP contribution in [0, 0.1) is 23.2 Å². The highest BCUT2D eigenvalue weighted by atomic mass is 32.1. The number of imide groups is 2. The summed E-state index contributed by atoms with van der Waals surface area (Å²) < 4.78 is 0. The summed E-state index contributed by atoms with van der Waals surface area (Å²) in [6.07, 6.45) is 0. The minimum atomic E-state index is -1.23. The number of thiol groups is 1. The number of carbonyl (C=O) groups is 3. The maximum Gasteiger partial charge on any atom is 0.328 e. The van der Waals surface area contributed by atoms with Crippen molar-refractivity contribution in [2.75, 3.05) is 0 Å². The van der Waals surface area contributed by atoms with Crippen LogP contribution in [0.5, 0.6) is 0 Å². The average Bonchev–Trinajstić information content (AvgIpc) is 2.46. The Kier molecular flexibility index (Phi) is 4.80. The van der Waals surface area contributed by atoms with Gasteiger partial charge >= 0.3 is 6.03 Å². The SMILES string of the molecule is N#CC(C(N)S)C(c1ccccc1)C1C(=O)NC(=O)NC1=O. The predicted octanol–water partition coefficient (Wildman–Crippen LogP) is 0.107. The highest BCUT2D eigenvalue weighted by Crippen LogP contribution is 2.35. The number of amides is 4. The normalized spacial score (nSPS) is 19.6. The van der Waals surface area contributed by atoms with Crippen LogP contribution >= 0.6 is 12.6 Å². The van der Waals surface area contributed by atoms with Crippen LogP contribution in [0.4, 0.5) is 4.79 Å². The first kappa shape index (κ1) is 16.0. The van der Waals surface area contributed by atoms with Gasteiger partial charge in [-0.3, -0.25) is 20.2 Å². The van der Waals surface area contributed by atoms with Crippen molar-refractivity contribution in [3.05, 3.63) is 35.9 Å². The van der Waals surface area contributed by atoms with E-state index in [0.717, 1.165) is 0 Å².